The first-order chi connectivity index (χ1) is 10.9. The minimum absolute atomic E-state index is 0.0308. The first-order valence-electron chi connectivity index (χ1n) is 8.47. The lowest BCUT2D eigenvalue weighted by molar-refractivity contribution is -0.0875. The second kappa shape index (κ2) is 7.30. The predicted octanol–water partition coefficient (Wildman–Crippen LogP) is 3.30. The van der Waals surface area contributed by atoms with E-state index in [4.69, 9.17) is 4.74 Å². The molecular formula is C18H29N3O2. The SMILES string of the molecule is CC[C@]1(C)CN(C(=O)N[C@@H](c2ncccc2C)C(C)C)CCO1. The van der Waals surface area contributed by atoms with Crippen molar-refractivity contribution in [1.82, 2.24) is 15.2 Å². The van der Waals surface area contributed by atoms with Gasteiger partial charge in [-0.25, -0.2) is 4.79 Å². The number of amides is 2. The Morgan fingerprint density at radius 2 is 2.26 bits per heavy atom. The zero-order chi connectivity index (χ0) is 17.0. The zero-order valence-electron chi connectivity index (χ0n) is 14.9. The number of morpholine rings is 1. The van der Waals surface area contributed by atoms with Crippen LogP contribution in [0.1, 0.15) is 51.4 Å². The van der Waals surface area contributed by atoms with Crippen LogP contribution in [0.25, 0.3) is 0 Å². The molecule has 5 nitrogen and oxygen atoms in total. The molecular weight excluding hydrogens is 290 g/mol. The van der Waals surface area contributed by atoms with Gasteiger partial charge in [-0.15, -0.1) is 0 Å². The molecule has 1 aliphatic heterocycles. The van der Waals surface area contributed by atoms with E-state index in [-0.39, 0.29) is 23.6 Å². The Hall–Kier alpha value is -1.62. The highest BCUT2D eigenvalue weighted by molar-refractivity contribution is 5.75. The summed E-state index contributed by atoms with van der Waals surface area (Å²) in [5.74, 6) is 0.270. The predicted molar refractivity (Wildman–Crippen MR) is 91.3 cm³/mol. The van der Waals surface area contributed by atoms with E-state index < -0.39 is 0 Å². The molecule has 0 aliphatic carbocycles. The van der Waals surface area contributed by atoms with Gasteiger partial charge in [-0.1, -0.05) is 26.8 Å². The Bertz CT molecular complexity index is 547. The second-order valence-corrected chi connectivity index (χ2v) is 6.95. The van der Waals surface area contributed by atoms with Gasteiger partial charge in [0.15, 0.2) is 0 Å². The number of nitrogens with one attached hydrogen (secondary N) is 1. The zero-order valence-corrected chi connectivity index (χ0v) is 14.9. The molecule has 1 aromatic rings. The number of ether oxygens (including phenoxy) is 1. The number of hydrogen-bond donors (Lipinski definition) is 1. The van der Waals surface area contributed by atoms with Gasteiger partial charge in [-0.2, -0.15) is 0 Å². The van der Waals surface area contributed by atoms with Crippen molar-refractivity contribution >= 4 is 6.03 Å². The molecule has 2 heterocycles. The third kappa shape index (κ3) is 4.22. The molecule has 0 radical (unpaired) electrons. The Labute approximate surface area is 139 Å². The fraction of sp³-hybridized carbons (Fsp3) is 0.667. The van der Waals surface area contributed by atoms with Gasteiger partial charge in [0.1, 0.15) is 0 Å². The highest BCUT2D eigenvalue weighted by atomic mass is 16.5. The number of aryl methyl sites for hydroxylation is 1. The van der Waals surface area contributed by atoms with E-state index in [0.29, 0.717) is 19.7 Å². The van der Waals surface area contributed by atoms with Crippen LogP contribution in [0.4, 0.5) is 4.79 Å². The molecule has 0 spiro atoms. The summed E-state index contributed by atoms with van der Waals surface area (Å²) in [5, 5.41) is 3.17. The summed E-state index contributed by atoms with van der Waals surface area (Å²) in [6, 6.07) is 3.84. The van der Waals surface area contributed by atoms with Crippen molar-refractivity contribution in [2.24, 2.45) is 5.92 Å². The Balaban J connectivity index is 2.11. The number of urea groups is 1. The minimum atomic E-state index is -0.246. The lowest BCUT2D eigenvalue weighted by atomic mass is 9.97. The van der Waals surface area contributed by atoms with Gasteiger partial charge < -0.3 is 15.0 Å². The number of nitrogens with zero attached hydrogens (tertiary/aromatic N) is 2. The van der Waals surface area contributed by atoms with Gasteiger partial charge in [0, 0.05) is 12.7 Å². The molecule has 1 fully saturated rings. The number of pyridine rings is 1. The quantitative estimate of drug-likeness (QED) is 0.926. The van der Waals surface area contributed by atoms with Gasteiger partial charge in [0.05, 0.1) is 30.5 Å². The molecule has 1 saturated heterocycles. The summed E-state index contributed by atoms with van der Waals surface area (Å²) < 4.78 is 5.82. The Kier molecular flexibility index (Phi) is 5.63. The highest BCUT2D eigenvalue weighted by Gasteiger charge is 2.33. The maximum absolute atomic E-state index is 12.7. The van der Waals surface area contributed by atoms with E-state index >= 15 is 0 Å². The van der Waals surface area contributed by atoms with E-state index in [0.717, 1.165) is 17.7 Å². The average molecular weight is 319 g/mol. The standard InChI is InChI=1S/C18H29N3O2/c1-6-18(5)12-21(10-11-23-18)17(22)20-15(13(2)3)16-14(4)8-7-9-19-16/h7-9,13,15H,6,10-12H2,1-5H3,(H,20,22)/t15-,18-/m1/s1. The van der Waals surface area contributed by atoms with Crippen molar-refractivity contribution < 1.29 is 9.53 Å². The molecule has 128 valence electrons. The molecule has 2 amide bonds. The maximum atomic E-state index is 12.7. The summed E-state index contributed by atoms with van der Waals surface area (Å²) >= 11 is 0. The van der Waals surface area contributed by atoms with E-state index in [9.17, 15) is 4.79 Å². The first kappa shape index (κ1) is 17.7. The second-order valence-electron chi connectivity index (χ2n) is 6.95. The van der Waals surface area contributed by atoms with Crippen molar-refractivity contribution in [3.05, 3.63) is 29.6 Å². The van der Waals surface area contributed by atoms with Gasteiger partial charge in [-0.05, 0) is 37.8 Å². The molecule has 1 aliphatic rings. The van der Waals surface area contributed by atoms with Crippen LogP contribution in [0.2, 0.25) is 0 Å². The number of rotatable bonds is 4. The topological polar surface area (TPSA) is 54.5 Å². The normalized spacial score (nSPS) is 23.0. The third-order valence-corrected chi connectivity index (χ3v) is 4.66. The highest BCUT2D eigenvalue weighted by Crippen LogP contribution is 2.25. The molecule has 0 unspecified atom stereocenters. The molecule has 2 rings (SSSR count). The van der Waals surface area contributed by atoms with Crippen LogP contribution in [0.5, 0.6) is 0 Å². The number of carbonyl (C=O) groups excluding carboxylic acids is 1. The van der Waals surface area contributed by atoms with Crippen LogP contribution in [-0.2, 0) is 4.74 Å². The third-order valence-electron chi connectivity index (χ3n) is 4.66. The van der Waals surface area contributed by atoms with Gasteiger partial charge in [0.2, 0.25) is 0 Å². The molecule has 0 bridgehead atoms. The fourth-order valence-corrected chi connectivity index (χ4v) is 2.92. The van der Waals surface area contributed by atoms with Crippen molar-refractivity contribution in [3.8, 4) is 0 Å². The van der Waals surface area contributed by atoms with E-state index in [1.54, 1.807) is 6.20 Å². The van der Waals surface area contributed by atoms with Crippen molar-refractivity contribution in [2.75, 3.05) is 19.7 Å². The fourth-order valence-electron chi connectivity index (χ4n) is 2.92. The molecule has 0 saturated carbocycles. The van der Waals surface area contributed by atoms with Crippen molar-refractivity contribution in [2.45, 2.75) is 52.7 Å². The van der Waals surface area contributed by atoms with E-state index in [1.165, 1.54) is 0 Å². The molecule has 23 heavy (non-hydrogen) atoms. The minimum Gasteiger partial charge on any atom is -0.372 e. The van der Waals surface area contributed by atoms with Gasteiger partial charge in [-0.3, -0.25) is 4.98 Å². The molecule has 1 aromatic heterocycles. The average Bonchev–Trinajstić information content (AvgIpc) is 2.53. The van der Waals surface area contributed by atoms with Gasteiger partial charge >= 0.3 is 6.03 Å². The first-order valence-corrected chi connectivity index (χ1v) is 8.47. The van der Waals surface area contributed by atoms with Crippen LogP contribution in [0.15, 0.2) is 18.3 Å². The van der Waals surface area contributed by atoms with Crippen LogP contribution < -0.4 is 5.32 Å². The van der Waals surface area contributed by atoms with Crippen LogP contribution in [-0.4, -0.2) is 41.2 Å². The number of hydrogen-bond acceptors (Lipinski definition) is 3. The lowest BCUT2D eigenvalue weighted by Crippen LogP contribution is -2.55. The Morgan fingerprint density at radius 1 is 1.52 bits per heavy atom. The smallest absolute Gasteiger partial charge is 0.318 e. The maximum Gasteiger partial charge on any atom is 0.318 e. The van der Waals surface area contributed by atoms with Crippen LogP contribution in [0.3, 0.4) is 0 Å². The molecule has 1 N–H and O–H groups in total. The van der Waals surface area contributed by atoms with E-state index in [1.807, 2.05) is 24.0 Å². The molecule has 5 heteroatoms. The van der Waals surface area contributed by atoms with Crippen LogP contribution in [0, 0.1) is 12.8 Å². The summed E-state index contributed by atoms with van der Waals surface area (Å²) in [6.07, 6.45) is 2.68. The van der Waals surface area contributed by atoms with Crippen molar-refractivity contribution in [3.63, 3.8) is 0 Å². The summed E-state index contributed by atoms with van der Waals surface area (Å²) in [4.78, 5) is 19.1. The summed E-state index contributed by atoms with van der Waals surface area (Å²) in [5.41, 5.74) is 1.80. The monoisotopic (exact) mass is 319 g/mol. The Morgan fingerprint density at radius 3 is 2.87 bits per heavy atom. The number of carbonyl (C=O) groups is 1. The largest absolute Gasteiger partial charge is 0.372 e. The van der Waals surface area contributed by atoms with Crippen molar-refractivity contribution in [1.29, 1.82) is 0 Å². The van der Waals surface area contributed by atoms with Crippen LogP contribution >= 0.6 is 0 Å². The van der Waals surface area contributed by atoms with E-state index in [2.05, 4.69) is 38.0 Å². The molecule has 0 aromatic carbocycles. The lowest BCUT2D eigenvalue weighted by Gasteiger charge is -2.40. The van der Waals surface area contributed by atoms with Gasteiger partial charge in [0.25, 0.3) is 0 Å². The summed E-state index contributed by atoms with van der Waals surface area (Å²) in [6.45, 7) is 12.3. The number of aromatic nitrogens is 1. The summed E-state index contributed by atoms with van der Waals surface area (Å²) in [7, 11) is 0. The molecule has 2 atom stereocenters.